The summed E-state index contributed by atoms with van der Waals surface area (Å²) in [6.45, 7) is 4.04. The summed E-state index contributed by atoms with van der Waals surface area (Å²) in [7, 11) is 0. The number of aromatic hydroxyl groups is 2. The van der Waals surface area contributed by atoms with Crippen LogP contribution in [0.25, 0.3) is 0 Å². The number of aliphatic hydroxyl groups excluding tert-OH is 1. The summed E-state index contributed by atoms with van der Waals surface area (Å²) in [5.74, 6) is -0.420. The minimum atomic E-state index is -0.993. The van der Waals surface area contributed by atoms with Crippen molar-refractivity contribution in [3.05, 3.63) is 71.3 Å². The second-order valence-electron chi connectivity index (χ2n) is 10.2. The fourth-order valence-electron chi connectivity index (χ4n) is 4.78. The van der Waals surface area contributed by atoms with Crippen LogP contribution in [0.5, 0.6) is 34.5 Å². The molecule has 13 heteroatoms. The molecular formula is C30H31N3O10. The molecule has 5 atom stereocenters. The van der Waals surface area contributed by atoms with E-state index in [4.69, 9.17) is 18.9 Å². The van der Waals surface area contributed by atoms with Crippen LogP contribution in [0, 0.1) is 0 Å². The highest BCUT2D eigenvalue weighted by atomic mass is 16.6. The Kier molecular flexibility index (Phi) is 8.17. The average molecular weight is 594 g/mol. The smallest absolute Gasteiger partial charge is 0.219 e. The summed E-state index contributed by atoms with van der Waals surface area (Å²) in [4.78, 5) is 35.3. The van der Waals surface area contributed by atoms with Gasteiger partial charge >= 0.3 is 0 Å². The number of rotatable bonds is 7. The van der Waals surface area contributed by atoms with Crippen molar-refractivity contribution in [1.82, 2.24) is 16.0 Å². The lowest BCUT2D eigenvalue weighted by atomic mass is 10.0. The number of hydrogen-bond acceptors (Lipinski definition) is 10. The molecule has 0 saturated heterocycles. The Morgan fingerprint density at radius 3 is 1.84 bits per heavy atom. The van der Waals surface area contributed by atoms with Crippen LogP contribution in [0.2, 0.25) is 0 Å². The second kappa shape index (κ2) is 12.0. The van der Waals surface area contributed by atoms with Crippen molar-refractivity contribution in [1.29, 1.82) is 0 Å². The summed E-state index contributed by atoms with van der Waals surface area (Å²) >= 11 is 0. The molecule has 2 aliphatic heterocycles. The predicted octanol–water partition coefficient (Wildman–Crippen LogP) is 2.22. The molecule has 13 nitrogen and oxygen atoms in total. The molecule has 0 bridgehead atoms. The number of phenolic OH excluding ortho intramolecular Hbond substituents is 2. The normalized spacial score (nSPS) is 20.8. The van der Waals surface area contributed by atoms with Crippen LogP contribution in [0.15, 0.2) is 54.6 Å². The number of benzene rings is 3. The lowest BCUT2D eigenvalue weighted by Gasteiger charge is -2.37. The van der Waals surface area contributed by atoms with Crippen LogP contribution < -0.4 is 34.9 Å². The summed E-state index contributed by atoms with van der Waals surface area (Å²) in [6.07, 6.45) is -4.63. The first-order valence-electron chi connectivity index (χ1n) is 13.4. The SMILES string of the molecule is CC(=O)NCC(O)c1ccc2c(c1)O[C@H](c1ccc3c(c1)O[C@@H](NC(C)=O)[C@H](c1ccc(O)c(O)c1)O3)[C@@H](NC(C)=O)O2. The number of fused-ring (bicyclic) bond motifs is 2. The van der Waals surface area contributed by atoms with Crippen LogP contribution in [0.1, 0.15) is 55.8 Å². The minimum Gasteiger partial charge on any atom is -0.504 e. The molecule has 0 fully saturated rings. The van der Waals surface area contributed by atoms with Crippen molar-refractivity contribution in [2.45, 2.75) is 51.5 Å². The maximum Gasteiger partial charge on any atom is 0.219 e. The van der Waals surface area contributed by atoms with Gasteiger partial charge in [-0.3, -0.25) is 14.4 Å². The number of ether oxygens (including phenoxy) is 4. The summed E-state index contributed by atoms with van der Waals surface area (Å²) in [5, 5.41) is 38.2. The molecule has 1 unspecified atom stereocenters. The minimum absolute atomic E-state index is 0.00923. The first kappa shape index (κ1) is 29.3. The van der Waals surface area contributed by atoms with Crippen LogP contribution >= 0.6 is 0 Å². The van der Waals surface area contributed by atoms with Gasteiger partial charge in [-0.05, 0) is 42.0 Å². The lowest BCUT2D eigenvalue weighted by Crippen LogP contribution is -2.47. The molecular weight excluding hydrogens is 562 g/mol. The fourth-order valence-corrected chi connectivity index (χ4v) is 4.78. The molecule has 226 valence electrons. The second-order valence-corrected chi connectivity index (χ2v) is 10.2. The van der Waals surface area contributed by atoms with Gasteiger partial charge in [-0.1, -0.05) is 18.2 Å². The van der Waals surface area contributed by atoms with E-state index in [1.807, 2.05) is 0 Å². The van der Waals surface area contributed by atoms with Gasteiger partial charge in [-0.15, -0.1) is 0 Å². The topological polar surface area (TPSA) is 185 Å². The van der Waals surface area contributed by atoms with Crippen molar-refractivity contribution in [2.75, 3.05) is 6.54 Å². The maximum atomic E-state index is 12.0. The van der Waals surface area contributed by atoms with Gasteiger partial charge in [-0.25, -0.2) is 0 Å². The third-order valence-corrected chi connectivity index (χ3v) is 6.78. The number of hydrogen-bond donors (Lipinski definition) is 6. The van der Waals surface area contributed by atoms with E-state index in [9.17, 15) is 29.7 Å². The van der Waals surface area contributed by atoms with Gasteiger partial charge < -0.3 is 50.2 Å². The standard InChI is InChI=1S/C30H31N3O10/c1-14(34)31-13-22(39)17-5-8-24-25(11-17)41-28(29(42-24)32-15(2)35)19-6-9-23-26(12-19)43-30(33-16(3)36)27(40-23)18-4-7-20(37)21(38)10-18/h4-12,22,27-30,37-39H,13H2,1-3H3,(H,31,34)(H,32,35)(H,33,36)/t22?,27-,28+,29-,30+/m0/s1. The van der Waals surface area contributed by atoms with E-state index < -0.39 is 30.8 Å². The molecule has 6 N–H and O–H groups in total. The summed E-state index contributed by atoms with van der Waals surface area (Å²) in [6, 6.07) is 14.0. The quantitative estimate of drug-likeness (QED) is 0.222. The van der Waals surface area contributed by atoms with Gasteiger partial charge in [0, 0.05) is 38.4 Å². The molecule has 2 heterocycles. The van der Waals surface area contributed by atoms with E-state index in [0.717, 1.165) is 0 Å². The molecule has 5 rings (SSSR count). The third-order valence-electron chi connectivity index (χ3n) is 6.78. The van der Waals surface area contributed by atoms with Crippen LogP contribution in [-0.2, 0) is 14.4 Å². The molecule has 0 spiro atoms. The van der Waals surface area contributed by atoms with Crippen molar-refractivity contribution >= 4 is 17.7 Å². The fraction of sp³-hybridized carbons (Fsp3) is 0.300. The zero-order valence-corrected chi connectivity index (χ0v) is 23.5. The van der Waals surface area contributed by atoms with Crippen LogP contribution in [-0.4, -0.2) is 52.0 Å². The first-order chi connectivity index (χ1) is 20.5. The maximum absolute atomic E-state index is 12.0. The number of amides is 3. The zero-order chi connectivity index (χ0) is 30.8. The van der Waals surface area contributed by atoms with Gasteiger partial charge in [-0.2, -0.15) is 0 Å². The van der Waals surface area contributed by atoms with Crippen LogP contribution in [0.3, 0.4) is 0 Å². The zero-order valence-electron chi connectivity index (χ0n) is 23.5. The number of aliphatic hydroxyl groups is 1. The number of phenols is 2. The summed E-state index contributed by atoms with van der Waals surface area (Å²) in [5.41, 5.74) is 1.48. The highest BCUT2D eigenvalue weighted by molar-refractivity contribution is 5.74. The molecule has 3 aromatic rings. The van der Waals surface area contributed by atoms with Crippen molar-refractivity contribution < 1.29 is 48.7 Å². The van der Waals surface area contributed by atoms with Crippen LogP contribution in [0.4, 0.5) is 0 Å². The molecule has 2 aliphatic rings. The Balaban J connectivity index is 1.45. The molecule has 0 aromatic heterocycles. The largest absolute Gasteiger partial charge is 0.504 e. The Morgan fingerprint density at radius 2 is 1.21 bits per heavy atom. The molecule has 43 heavy (non-hydrogen) atoms. The van der Waals surface area contributed by atoms with E-state index >= 15 is 0 Å². The van der Waals surface area contributed by atoms with E-state index in [1.54, 1.807) is 42.5 Å². The predicted molar refractivity (Wildman–Crippen MR) is 150 cm³/mol. The van der Waals surface area contributed by atoms with Gasteiger partial charge in [0.2, 0.25) is 30.2 Å². The Bertz CT molecular complexity index is 1560. The molecule has 3 amide bonds. The third kappa shape index (κ3) is 6.51. The van der Waals surface area contributed by atoms with Crippen molar-refractivity contribution in [3.8, 4) is 34.5 Å². The molecule has 3 aromatic carbocycles. The van der Waals surface area contributed by atoms with Crippen molar-refractivity contribution in [3.63, 3.8) is 0 Å². The van der Waals surface area contributed by atoms with Gasteiger partial charge in [0.1, 0.15) is 0 Å². The Hall–Kier alpha value is -5.17. The lowest BCUT2D eigenvalue weighted by molar-refractivity contribution is -0.124. The van der Waals surface area contributed by atoms with Crippen molar-refractivity contribution in [2.24, 2.45) is 0 Å². The highest BCUT2D eigenvalue weighted by Crippen LogP contribution is 2.45. The summed E-state index contributed by atoms with van der Waals surface area (Å²) < 4.78 is 24.7. The van der Waals surface area contributed by atoms with E-state index in [1.165, 1.54) is 32.9 Å². The highest BCUT2D eigenvalue weighted by Gasteiger charge is 2.38. The number of carbonyl (C=O) groups is 3. The van der Waals surface area contributed by atoms with E-state index in [-0.39, 0.29) is 41.5 Å². The monoisotopic (exact) mass is 593 g/mol. The number of carbonyl (C=O) groups excluding carboxylic acids is 3. The van der Waals surface area contributed by atoms with Gasteiger partial charge in [0.05, 0.1) is 6.10 Å². The molecule has 0 radical (unpaired) electrons. The van der Waals surface area contributed by atoms with E-state index in [0.29, 0.717) is 33.9 Å². The average Bonchev–Trinajstić information content (AvgIpc) is 2.95. The number of nitrogens with one attached hydrogen (secondary N) is 3. The Labute approximate surface area is 246 Å². The van der Waals surface area contributed by atoms with Gasteiger partial charge in [0.25, 0.3) is 0 Å². The van der Waals surface area contributed by atoms with Gasteiger partial charge in [0.15, 0.2) is 46.7 Å². The molecule has 0 aliphatic carbocycles. The van der Waals surface area contributed by atoms with E-state index in [2.05, 4.69) is 16.0 Å². The molecule has 0 saturated carbocycles. The first-order valence-corrected chi connectivity index (χ1v) is 13.4. The Morgan fingerprint density at radius 1 is 0.674 bits per heavy atom.